The van der Waals surface area contributed by atoms with E-state index in [1.54, 1.807) is 12.3 Å². The van der Waals surface area contributed by atoms with E-state index in [9.17, 15) is 4.21 Å². The van der Waals surface area contributed by atoms with Crippen LogP contribution in [0.2, 0.25) is 5.02 Å². The Labute approximate surface area is 104 Å². The smallest absolute Gasteiger partial charge is 0.144 e. The second kappa shape index (κ2) is 5.11. The molecule has 0 aliphatic carbocycles. The van der Waals surface area contributed by atoms with E-state index < -0.39 is 11.0 Å². The van der Waals surface area contributed by atoms with Gasteiger partial charge in [0.25, 0.3) is 0 Å². The van der Waals surface area contributed by atoms with Gasteiger partial charge in [0.15, 0.2) is 0 Å². The quantitative estimate of drug-likeness (QED) is 0.746. The number of nitrogens with zero attached hydrogens (tertiary/aromatic N) is 1. The Bertz CT molecular complexity index is 415. The van der Waals surface area contributed by atoms with E-state index in [2.05, 4.69) is 4.40 Å². The lowest BCUT2D eigenvalue weighted by Crippen LogP contribution is -2.19. The van der Waals surface area contributed by atoms with E-state index in [0.717, 1.165) is 11.1 Å². The van der Waals surface area contributed by atoms with Gasteiger partial charge in [-0.15, -0.1) is 0 Å². The average molecular weight is 258 g/mol. The van der Waals surface area contributed by atoms with E-state index in [1.807, 2.05) is 39.8 Å². The normalized spacial score (nSPS) is 14.3. The highest BCUT2D eigenvalue weighted by molar-refractivity contribution is 7.85. The van der Waals surface area contributed by atoms with Crippen LogP contribution < -0.4 is 0 Å². The van der Waals surface area contributed by atoms with Gasteiger partial charge in [-0.25, -0.2) is 4.21 Å². The molecule has 2 nitrogen and oxygen atoms in total. The van der Waals surface area contributed by atoms with Crippen LogP contribution in [0.15, 0.2) is 22.6 Å². The zero-order valence-corrected chi connectivity index (χ0v) is 11.5. The summed E-state index contributed by atoms with van der Waals surface area (Å²) in [6.07, 6.45) is 1.60. The molecular formula is C12H16ClNOS. The highest BCUT2D eigenvalue weighted by atomic mass is 35.5. The van der Waals surface area contributed by atoms with Crippen molar-refractivity contribution >= 4 is 28.8 Å². The topological polar surface area (TPSA) is 29.4 Å². The van der Waals surface area contributed by atoms with Crippen LogP contribution >= 0.6 is 11.6 Å². The summed E-state index contributed by atoms with van der Waals surface area (Å²) >= 11 is 6.04. The summed E-state index contributed by atoms with van der Waals surface area (Å²) in [6, 6.07) is 5.64. The maximum Gasteiger partial charge on any atom is 0.144 e. The van der Waals surface area contributed by atoms with Gasteiger partial charge in [-0.1, -0.05) is 23.7 Å². The highest BCUT2D eigenvalue weighted by Gasteiger charge is 2.18. The first kappa shape index (κ1) is 13.4. The molecule has 0 bridgehead atoms. The summed E-state index contributed by atoms with van der Waals surface area (Å²) in [7, 11) is -1.24. The van der Waals surface area contributed by atoms with E-state index in [-0.39, 0.29) is 4.75 Å². The van der Waals surface area contributed by atoms with Gasteiger partial charge in [-0.05, 0) is 39.3 Å². The van der Waals surface area contributed by atoms with Gasteiger partial charge in [0.05, 0.1) is 4.75 Å². The van der Waals surface area contributed by atoms with Crippen molar-refractivity contribution in [2.75, 3.05) is 0 Å². The Morgan fingerprint density at radius 3 is 2.50 bits per heavy atom. The third kappa shape index (κ3) is 3.42. The molecule has 1 aromatic rings. The molecule has 16 heavy (non-hydrogen) atoms. The van der Waals surface area contributed by atoms with Crippen LogP contribution in [0.3, 0.4) is 0 Å². The Morgan fingerprint density at radius 1 is 1.38 bits per heavy atom. The SMILES string of the molecule is Cc1cccc(Cl)c1/C=N/[S@@](=O)C(C)(C)C. The third-order valence-corrected chi connectivity index (χ3v) is 3.75. The van der Waals surface area contributed by atoms with Gasteiger partial charge < -0.3 is 0 Å². The molecule has 0 spiro atoms. The largest absolute Gasteiger partial charge is 0.234 e. The maximum absolute atomic E-state index is 11.7. The molecular weight excluding hydrogens is 242 g/mol. The first-order valence-electron chi connectivity index (χ1n) is 5.03. The van der Waals surface area contributed by atoms with Gasteiger partial charge in [-0.3, -0.25) is 0 Å². The van der Waals surface area contributed by atoms with Crippen molar-refractivity contribution in [2.45, 2.75) is 32.4 Å². The molecule has 0 saturated heterocycles. The lowest BCUT2D eigenvalue weighted by atomic mass is 10.1. The van der Waals surface area contributed by atoms with Crippen molar-refractivity contribution in [3.63, 3.8) is 0 Å². The predicted molar refractivity (Wildman–Crippen MR) is 71.7 cm³/mol. The Morgan fingerprint density at radius 2 is 2.00 bits per heavy atom. The van der Waals surface area contributed by atoms with Crippen LogP contribution in [-0.2, 0) is 11.0 Å². The van der Waals surface area contributed by atoms with Crippen LogP contribution in [0, 0.1) is 6.92 Å². The lowest BCUT2D eigenvalue weighted by molar-refractivity contribution is 0.651. The molecule has 1 atom stereocenters. The van der Waals surface area contributed by atoms with Crippen LogP contribution in [0.5, 0.6) is 0 Å². The molecule has 0 heterocycles. The van der Waals surface area contributed by atoms with E-state index in [0.29, 0.717) is 5.02 Å². The molecule has 88 valence electrons. The first-order chi connectivity index (χ1) is 7.32. The van der Waals surface area contributed by atoms with Crippen LogP contribution in [0.25, 0.3) is 0 Å². The standard InChI is InChI=1S/C12H16ClNOS/c1-9-6-5-7-11(13)10(9)8-14-16(15)12(2,3)4/h5-8H,1-4H3/b14-8+/t16-/m0/s1. The van der Waals surface area contributed by atoms with Crippen molar-refractivity contribution in [3.05, 3.63) is 34.3 Å². The lowest BCUT2D eigenvalue weighted by Gasteiger charge is -2.13. The molecule has 0 unspecified atom stereocenters. The van der Waals surface area contributed by atoms with E-state index in [4.69, 9.17) is 11.6 Å². The average Bonchev–Trinajstić information content (AvgIpc) is 2.15. The van der Waals surface area contributed by atoms with Gasteiger partial charge in [0.1, 0.15) is 11.0 Å². The van der Waals surface area contributed by atoms with Crippen molar-refractivity contribution < 1.29 is 4.21 Å². The zero-order chi connectivity index (χ0) is 12.3. The second-order valence-corrected chi connectivity index (χ2v) is 6.91. The Kier molecular flexibility index (Phi) is 4.28. The monoisotopic (exact) mass is 257 g/mol. The van der Waals surface area contributed by atoms with Crippen LogP contribution in [-0.4, -0.2) is 15.2 Å². The molecule has 4 heteroatoms. The predicted octanol–water partition coefficient (Wildman–Crippen LogP) is 3.53. The Balaban J connectivity index is 2.98. The number of hydrogen-bond donors (Lipinski definition) is 0. The number of hydrogen-bond acceptors (Lipinski definition) is 1. The third-order valence-electron chi connectivity index (χ3n) is 2.07. The van der Waals surface area contributed by atoms with Crippen molar-refractivity contribution in [1.29, 1.82) is 0 Å². The molecule has 0 N–H and O–H groups in total. The molecule has 0 aliphatic heterocycles. The molecule has 0 radical (unpaired) electrons. The number of halogens is 1. The number of aryl methyl sites for hydroxylation is 1. The molecule has 0 amide bonds. The Hall–Kier alpha value is -0.670. The summed E-state index contributed by atoms with van der Waals surface area (Å²) in [4.78, 5) is 0. The maximum atomic E-state index is 11.7. The first-order valence-corrected chi connectivity index (χ1v) is 6.52. The minimum Gasteiger partial charge on any atom is -0.234 e. The molecule has 0 aliphatic rings. The fourth-order valence-corrected chi connectivity index (χ4v) is 1.85. The fraction of sp³-hybridized carbons (Fsp3) is 0.417. The van der Waals surface area contributed by atoms with Crippen molar-refractivity contribution in [2.24, 2.45) is 4.40 Å². The number of rotatable bonds is 2. The minimum absolute atomic E-state index is 0.342. The summed E-state index contributed by atoms with van der Waals surface area (Å²) in [5.41, 5.74) is 1.86. The summed E-state index contributed by atoms with van der Waals surface area (Å²) < 4.78 is 15.4. The summed E-state index contributed by atoms with van der Waals surface area (Å²) in [5.74, 6) is 0. The zero-order valence-electron chi connectivity index (χ0n) is 9.95. The fourth-order valence-electron chi connectivity index (χ4n) is 1.07. The summed E-state index contributed by atoms with van der Waals surface area (Å²) in [5, 5.41) is 0.634. The molecule has 0 aromatic heterocycles. The molecule has 0 saturated carbocycles. The van der Waals surface area contributed by atoms with Crippen molar-refractivity contribution in [3.8, 4) is 0 Å². The minimum atomic E-state index is -1.24. The second-order valence-electron chi connectivity index (χ2n) is 4.57. The molecule has 1 aromatic carbocycles. The van der Waals surface area contributed by atoms with Crippen LogP contribution in [0.1, 0.15) is 31.9 Å². The van der Waals surface area contributed by atoms with Gasteiger partial charge in [0.2, 0.25) is 0 Å². The number of benzene rings is 1. The van der Waals surface area contributed by atoms with Crippen LogP contribution in [0.4, 0.5) is 0 Å². The molecule has 1 rings (SSSR count). The van der Waals surface area contributed by atoms with Gasteiger partial charge in [0, 0.05) is 16.8 Å². The van der Waals surface area contributed by atoms with Crippen molar-refractivity contribution in [1.82, 2.24) is 0 Å². The van der Waals surface area contributed by atoms with E-state index in [1.165, 1.54) is 0 Å². The van der Waals surface area contributed by atoms with E-state index >= 15 is 0 Å². The summed E-state index contributed by atoms with van der Waals surface area (Å²) in [6.45, 7) is 7.62. The molecule has 0 fully saturated rings. The highest BCUT2D eigenvalue weighted by Crippen LogP contribution is 2.18. The van der Waals surface area contributed by atoms with Gasteiger partial charge in [-0.2, -0.15) is 4.40 Å². The van der Waals surface area contributed by atoms with Gasteiger partial charge >= 0.3 is 0 Å².